The minimum absolute atomic E-state index is 0.0197. The molecule has 0 heterocycles. The third-order valence-corrected chi connectivity index (χ3v) is 12.0. The van der Waals surface area contributed by atoms with E-state index in [1.165, 1.54) is 16.8 Å². The number of hydrogen-bond donors (Lipinski definition) is 0. The van der Waals surface area contributed by atoms with Crippen LogP contribution in [-0.4, -0.2) is 20.7 Å². The molecule has 27 heavy (non-hydrogen) atoms. The Bertz CT molecular complexity index is 772. The Morgan fingerprint density at radius 3 is 1.96 bits per heavy atom. The second kappa shape index (κ2) is 6.42. The molecule has 4 rings (SSSR count). The van der Waals surface area contributed by atoms with Gasteiger partial charge in [0, 0.05) is 5.92 Å². The van der Waals surface area contributed by atoms with E-state index in [0.29, 0.717) is 5.92 Å². The van der Waals surface area contributed by atoms with Crippen LogP contribution in [-0.2, 0) is 9.22 Å². The number of rotatable bonds is 5. The third-order valence-electron chi connectivity index (χ3n) is 6.95. The highest BCUT2D eigenvalue weighted by molar-refractivity contribution is 6.99. The minimum atomic E-state index is -2.59. The van der Waals surface area contributed by atoms with Crippen molar-refractivity contribution in [2.24, 2.45) is 17.3 Å². The first-order valence-corrected chi connectivity index (χ1v) is 12.0. The molecule has 0 bridgehead atoms. The smallest absolute Gasteiger partial charge is 0.261 e. The quantitative estimate of drug-likeness (QED) is 0.576. The van der Waals surface area contributed by atoms with Crippen LogP contribution in [0.25, 0.3) is 0 Å². The van der Waals surface area contributed by atoms with Crippen molar-refractivity contribution in [2.75, 3.05) is 0 Å². The Hall–Kier alpha value is -1.71. The van der Waals surface area contributed by atoms with Crippen LogP contribution in [0.5, 0.6) is 0 Å². The van der Waals surface area contributed by atoms with Crippen molar-refractivity contribution < 1.29 is 9.22 Å². The number of carbonyl (C=O) groups is 1. The molecule has 0 aliphatic heterocycles. The van der Waals surface area contributed by atoms with Crippen LogP contribution in [0.3, 0.4) is 0 Å². The molecular formula is C24H30O2Si. The fraction of sp³-hybridized carbons (Fsp3) is 0.458. The van der Waals surface area contributed by atoms with Gasteiger partial charge in [0.25, 0.3) is 8.32 Å². The summed E-state index contributed by atoms with van der Waals surface area (Å²) in [4.78, 5) is 11.9. The lowest BCUT2D eigenvalue weighted by Crippen LogP contribution is -2.68. The predicted molar refractivity (Wildman–Crippen MR) is 113 cm³/mol. The molecule has 2 nitrogen and oxygen atoms in total. The maximum atomic E-state index is 11.9. The Morgan fingerprint density at radius 2 is 1.52 bits per heavy atom. The first kappa shape index (κ1) is 18.6. The lowest BCUT2D eigenvalue weighted by atomic mass is 9.96. The minimum Gasteiger partial charge on any atom is -0.403 e. The van der Waals surface area contributed by atoms with Gasteiger partial charge in [-0.3, -0.25) is 0 Å². The highest BCUT2D eigenvalue weighted by Crippen LogP contribution is 2.66. The van der Waals surface area contributed by atoms with E-state index in [1.54, 1.807) is 0 Å². The van der Waals surface area contributed by atoms with Crippen LogP contribution in [0.1, 0.15) is 40.5 Å². The Kier molecular flexibility index (Phi) is 4.43. The molecule has 3 heteroatoms. The van der Waals surface area contributed by atoms with Crippen molar-refractivity contribution in [2.45, 2.75) is 51.7 Å². The van der Waals surface area contributed by atoms with E-state index < -0.39 is 8.32 Å². The Morgan fingerprint density at radius 1 is 1.00 bits per heavy atom. The van der Waals surface area contributed by atoms with Crippen LogP contribution >= 0.6 is 0 Å². The molecule has 2 fully saturated rings. The van der Waals surface area contributed by atoms with E-state index in [2.05, 4.69) is 88.4 Å². The normalized spacial score (nSPS) is 30.0. The SMILES string of the molecule is CC(C)(C)[Si](O[C@@H]1[C@H](C=O)CC2C[C@]21C)(c1ccccc1)c1ccccc1. The maximum Gasteiger partial charge on any atom is 0.261 e. The summed E-state index contributed by atoms with van der Waals surface area (Å²) in [5.74, 6) is 0.673. The highest BCUT2D eigenvalue weighted by atomic mass is 28.4. The van der Waals surface area contributed by atoms with Gasteiger partial charge in [0.2, 0.25) is 0 Å². The summed E-state index contributed by atoms with van der Waals surface area (Å²) in [5.41, 5.74) is 0.165. The average molecular weight is 379 g/mol. The third kappa shape index (κ3) is 2.83. The number of hydrogen-bond acceptors (Lipinski definition) is 2. The fourth-order valence-corrected chi connectivity index (χ4v) is 10.2. The summed E-state index contributed by atoms with van der Waals surface area (Å²) >= 11 is 0. The first-order chi connectivity index (χ1) is 12.8. The largest absolute Gasteiger partial charge is 0.403 e. The molecule has 0 amide bonds. The van der Waals surface area contributed by atoms with E-state index in [-0.39, 0.29) is 22.5 Å². The zero-order valence-corrected chi connectivity index (χ0v) is 17.8. The molecule has 0 radical (unpaired) electrons. The van der Waals surface area contributed by atoms with Gasteiger partial charge in [0.05, 0.1) is 6.10 Å². The zero-order chi connectivity index (χ0) is 19.3. The van der Waals surface area contributed by atoms with Crippen LogP contribution in [0, 0.1) is 17.3 Å². The van der Waals surface area contributed by atoms with Gasteiger partial charge >= 0.3 is 0 Å². The zero-order valence-electron chi connectivity index (χ0n) is 16.8. The lowest BCUT2D eigenvalue weighted by molar-refractivity contribution is -0.114. The van der Waals surface area contributed by atoms with Crippen molar-refractivity contribution in [1.82, 2.24) is 0 Å². The molecule has 0 spiro atoms. The highest BCUT2D eigenvalue weighted by Gasteiger charge is 2.66. The molecule has 2 aromatic rings. The second-order valence-corrected chi connectivity index (χ2v) is 13.9. The van der Waals surface area contributed by atoms with E-state index in [0.717, 1.165) is 12.7 Å². The molecule has 2 aliphatic rings. The number of carbonyl (C=O) groups excluding carboxylic acids is 1. The van der Waals surface area contributed by atoms with E-state index in [9.17, 15) is 4.79 Å². The topological polar surface area (TPSA) is 26.3 Å². The van der Waals surface area contributed by atoms with Crippen molar-refractivity contribution >= 4 is 25.0 Å². The lowest BCUT2D eigenvalue weighted by Gasteiger charge is -2.46. The summed E-state index contributed by atoms with van der Waals surface area (Å²) < 4.78 is 7.30. The summed E-state index contributed by atoms with van der Waals surface area (Å²) in [6, 6.07) is 21.5. The van der Waals surface area contributed by atoms with Crippen LogP contribution in [0.4, 0.5) is 0 Å². The van der Waals surface area contributed by atoms with Crippen molar-refractivity contribution in [3.8, 4) is 0 Å². The first-order valence-electron chi connectivity index (χ1n) is 10.1. The van der Waals surface area contributed by atoms with Gasteiger partial charge in [-0.05, 0) is 39.6 Å². The summed E-state index contributed by atoms with van der Waals surface area (Å²) in [6.45, 7) is 9.23. The maximum absolute atomic E-state index is 11.9. The predicted octanol–water partition coefficient (Wildman–Crippen LogP) is 4.18. The van der Waals surface area contributed by atoms with Gasteiger partial charge in [0.1, 0.15) is 6.29 Å². The Labute approximate surface area is 164 Å². The fourth-order valence-electron chi connectivity index (χ4n) is 5.34. The molecule has 2 saturated carbocycles. The summed E-state index contributed by atoms with van der Waals surface area (Å²) in [6.07, 6.45) is 3.36. The number of aldehydes is 1. The van der Waals surface area contributed by atoms with Gasteiger partial charge in [0.15, 0.2) is 0 Å². The van der Waals surface area contributed by atoms with Gasteiger partial charge < -0.3 is 9.22 Å². The van der Waals surface area contributed by atoms with Crippen molar-refractivity contribution in [1.29, 1.82) is 0 Å². The molecule has 4 atom stereocenters. The van der Waals surface area contributed by atoms with Gasteiger partial charge in [-0.15, -0.1) is 0 Å². The average Bonchev–Trinajstić information content (AvgIpc) is 3.24. The van der Waals surface area contributed by atoms with Crippen LogP contribution in [0.15, 0.2) is 60.7 Å². The van der Waals surface area contributed by atoms with E-state index in [4.69, 9.17) is 4.43 Å². The molecule has 2 aliphatic carbocycles. The second-order valence-electron chi connectivity index (χ2n) is 9.64. The van der Waals surface area contributed by atoms with Crippen LogP contribution in [0.2, 0.25) is 5.04 Å². The van der Waals surface area contributed by atoms with E-state index in [1.807, 2.05) is 0 Å². The standard InChI is InChI=1S/C24H30O2Si/c1-23(2,3)27(20-11-7-5-8-12-20,21-13-9-6-10-14-21)26-22-18(17-25)15-19-16-24(19,22)4/h5-14,17-19,22H,15-16H2,1-4H3/t18-,19?,22+,24+/m0/s1. The molecule has 0 saturated heterocycles. The molecule has 0 aromatic heterocycles. The van der Waals surface area contributed by atoms with Crippen molar-refractivity contribution in [3.63, 3.8) is 0 Å². The van der Waals surface area contributed by atoms with Crippen molar-refractivity contribution in [3.05, 3.63) is 60.7 Å². The number of fused-ring (bicyclic) bond motifs is 1. The van der Waals surface area contributed by atoms with Gasteiger partial charge in [-0.25, -0.2) is 0 Å². The molecular weight excluding hydrogens is 348 g/mol. The number of benzene rings is 2. The van der Waals surface area contributed by atoms with Gasteiger partial charge in [-0.2, -0.15) is 0 Å². The monoisotopic (exact) mass is 378 g/mol. The molecule has 2 aromatic carbocycles. The van der Waals surface area contributed by atoms with E-state index >= 15 is 0 Å². The molecule has 1 unspecified atom stereocenters. The summed E-state index contributed by atoms with van der Waals surface area (Å²) in [7, 11) is -2.59. The molecule has 0 N–H and O–H groups in total. The Balaban J connectivity index is 1.89. The molecule has 142 valence electrons. The van der Waals surface area contributed by atoms with Crippen LogP contribution < -0.4 is 10.4 Å². The van der Waals surface area contributed by atoms with Gasteiger partial charge in [-0.1, -0.05) is 88.4 Å². The summed E-state index contributed by atoms with van der Waals surface area (Å²) in [5, 5.41) is 2.54.